The van der Waals surface area contributed by atoms with Crippen LogP contribution in [0, 0.1) is 5.41 Å². The zero-order chi connectivity index (χ0) is 13.6. The molecule has 1 heterocycles. The van der Waals surface area contributed by atoms with Gasteiger partial charge in [0, 0.05) is 25.4 Å². The number of rotatable bonds is 8. The molecule has 102 valence electrons. The predicted molar refractivity (Wildman–Crippen MR) is 71.5 cm³/mol. The van der Waals surface area contributed by atoms with E-state index in [1.165, 1.54) is 0 Å². The van der Waals surface area contributed by atoms with E-state index >= 15 is 0 Å². The first kappa shape index (κ1) is 14.7. The van der Waals surface area contributed by atoms with Crippen LogP contribution >= 0.6 is 0 Å². The molecule has 1 N–H and O–H groups in total. The van der Waals surface area contributed by atoms with Gasteiger partial charge in [-0.2, -0.15) is 0 Å². The van der Waals surface area contributed by atoms with Crippen LogP contribution in [0.3, 0.4) is 0 Å². The van der Waals surface area contributed by atoms with Gasteiger partial charge in [-0.1, -0.05) is 13.3 Å². The lowest BCUT2D eigenvalue weighted by Gasteiger charge is -2.18. The number of carbonyl (C=O) groups is 1. The summed E-state index contributed by atoms with van der Waals surface area (Å²) in [6, 6.07) is 0. The molecule has 18 heavy (non-hydrogen) atoms. The van der Waals surface area contributed by atoms with Crippen LogP contribution in [-0.2, 0) is 17.8 Å². The quantitative estimate of drug-likeness (QED) is 0.723. The van der Waals surface area contributed by atoms with Crippen LogP contribution in [0.2, 0.25) is 0 Å². The van der Waals surface area contributed by atoms with E-state index in [0.717, 1.165) is 44.5 Å². The fourth-order valence-electron chi connectivity index (χ4n) is 1.95. The molecule has 0 aromatic carbocycles. The van der Waals surface area contributed by atoms with E-state index in [1.807, 2.05) is 12.4 Å². The van der Waals surface area contributed by atoms with Gasteiger partial charge in [0.05, 0.1) is 5.41 Å². The minimum Gasteiger partial charge on any atom is -0.481 e. The molecule has 0 saturated heterocycles. The minimum absolute atomic E-state index is 0.610. The van der Waals surface area contributed by atoms with E-state index in [4.69, 9.17) is 5.11 Å². The van der Waals surface area contributed by atoms with E-state index in [1.54, 1.807) is 13.8 Å². The number of unbranched alkanes of at least 4 members (excludes halogenated alkanes) is 1. The number of hydrogen-bond acceptors (Lipinski definition) is 2. The van der Waals surface area contributed by atoms with Crippen LogP contribution in [0.15, 0.2) is 12.4 Å². The molecule has 0 aliphatic carbocycles. The highest BCUT2D eigenvalue weighted by Crippen LogP contribution is 2.23. The zero-order valence-corrected chi connectivity index (χ0v) is 11.6. The first-order valence-electron chi connectivity index (χ1n) is 6.71. The highest BCUT2D eigenvalue weighted by atomic mass is 16.4. The number of imidazole rings is 1. The standard InChI is InChI=1S/C14H24N2O2/c1-4-7-12-15-9-11-16(12)10-6-5-8-14(2,3)13(17)18/h9,11H,4-8,10H2,1-3H3,(H,17,18). The maximum Gasteiger partial charge on any atom is 0.309 e. The first-order chi connectivity index (χ1) is 8.47. The maximum absolute atomic E-state index is 11.0. The van der Waals surface area contributed by atoms with Gasteiger partial charge in [-0.15, -0.1) is 0 Å². The molecule has 0 saturated carbocycles. The molecule has 0 atom stereocenters. The van der Waals surface area contributed by atoms with Crippen LogP contribution in [0.25, 0.3) is 0 Å². The third kappa shape index (κ3) is 4.17. The Kier molecular flexibility index (Phi) is 5.38. The fraction of sp³-hybridized carbons (Fsp3) is 0.714. The number of nitrogens with zero attached hydrogens (tertiary/aromatic N) is 2. The summed E-state index contributed by atoms with van der Waals surface area (Å²) < 4.78 is 2.18. The highest BCUT2D eigenvalue weighted by molar-refractivity contribution is 5.73. The lowest BCUT2D eigenvalue weighted by molar-refractivity contribution is -0.147. The minimum atomic E-state index is -0.711. The SMILES string of the molecule is CCCc1nccn1CCCCC(C)(C)C(=O)O. The van der Waals surface area contributed by atoms with Crippen molar-refractivity contribution in [2.75, 3.05) is 0 Å². The Bertz CT molecular complexity index is 383. The Labute approximate surface area is 109 Å². The van der Waals surface area contributed by atoms with Crippen molar-refractivity contribution < 1.29 is 9.90 Å². The summed E-state index contributed by atoms with van der Waals surface area (Å²) in [5.74, 6) is 0.423. The van der Waals surface area contributed by atoms with Gasteiger partial charge in [0.15, 0.2) is 0 Å². The van der Waals surface area contributed by atoms with Crippen molar-refractivity contribution in [1.29, 1.82) is 0 Å². The van der Waals surface area contributed by atoms with Crippen LogP contribution in [-0.4, -0.2) is 20.6 Å². The monoisotopic (exact) mass is 252 g/mol. The van der Waals surface area contributed by atoms with Crippen molar-refractivity contribution in [3.8, 4) is 0 Å². The first-order valence-corrected chi connectivity index (χ1v) is 6.71. The zero-order valence-electron chi connectivity index (χ0n) is 11.6. The molecule has 1 aromatic rings. The molecule has 0 amide bonds. The second-order valence-corrected chi connectivity index (χ2v) is 5.43. The molecular weight excluding hydrogens is 228 g/mol. The lowest BCUT2D eigenvalue weighted by atomic mass is 9.87. The Morgan fingerprint density at radius 1 is 1.44 bits per heavy atom. The highest BCUT2D eigenvalue weighted by Gasteiger charge is 2.25. The summed E-state index contributed by atoms with van der Waals surface area (Å²) >= 11 is 0. The van der Waals surface area contributed by atoms with Crippen molar-refractivity contribution in [2.24, 2.45) is 5.41 Å². The summed E-state index contributed by atoms with van der Waals surface area (Å²) in [6.45, 7) is 6.66. The van der Waals surface area contributed by atoms with Gasteiger partial charge >= 0.3 is 5.97 Å². The summed E-state index contributed by atoms with van der Waals surface area (Å²) in [7, 11) is 0. The third-order valence-electron chi connectivity index (χ3n) is 3.31. The largest absolute Gasteiger partial charge is 0.481 e. The number of aliphatic carboxylic acids is 1. The molecule has 1 aromatic heterocycles. The predicted octanol–water partition coefficient (Wildman–Crippen LogP) is 3.12. The smallest absolute Gasteiger partial charge is 0.309 e. The van der Waals surface area contributed by atoms with Gasteiger partial charge in [0.1, 0.15) is 5.82 Å². The van der Waals surface area contributed by atoms with E-state index < -0.39 is 11.4 Å². The van der Waals surface area contributed by atoms with Crippen LogP contribution in [0.5, 0.6) is 0 Å². The van der Waals surface area contributed by atoms with Crippen LogP contribution in [0.1, 0.15) is 52.3 Å². The Balaban J connectivity index is 2.34. The Hall–Kier alpha value is -1.32. The van der Waals surface area contributed by atoms with Crippen LogP contribution < -0.4 is 0 Å². The average Bonchev–Trinajstić information content (AvgIpc) is 2.72. The fourth-order valence-corrected chi connectivity index (χ4v) is 1.95. The molecule has 0 aliphatic rings. The van der Waals surface area contributed by atoms with Gasteiger partial charge in [0.2, 0.25) is 0 Å². The third-order valence-corrected chi connectivity index (χ3v) is 3.31. The lowest BCUT2D eigenvalue weighted by Crippen LogP contribution is -2.23. The Morgan fingerprint density at radius 3 is 2.78 bits per heavy atom. The van der Waals surface area contributed by atoms with Gasteiger partial charge in [-0.05, 0) is 33.1 Å². The van der Waals surface area contributed by atoms with Gasteiger partial charge in [-0.25, -0.2) is 4.98 Å². The van der Waals surface area contributed by atoms with Crippen molar-refractivity contribution in [3.63, 3.8) is 0 Å². The summed E-state index contributed by atoms with van der Waals surface area (Å²) in [5, 5.41) is 9.02. The maximum atomic E-state index is 11.0. The van der Waals surface area contributed by atoms with Crippen molar-refractivity contribution in [2.45, 2.75) is 59.4 Å². The van der Waals surface area contributed by atoms with Gasteiger partial charge < -0.3 is 9.67 Å². The average molecular weight is 252 g/mol. The molecule has 1 rings (SSSR count). The summed E-state index contributed by atoms with van der Waals surface area (Å²) in [5.41, 5.74) is -0.610. The summed E-state index contributed by atoms with van der Waals surface area (Å²) in [4.78, 5) is 15.3. The number of aryl methyl sites for hydroxylation is 2. The summed E-state index contributed by atoms with van der Waals surface area (Å²) in [6.07, 6.45) is 8.61. The van der Waals surface area contributed by atoms with Gasteiger partial charge in [-0.3, -0.25) is 4.79 Å². The molecule has 0 spiro atoms. The molecule has 0 unspecified atom stereocenters. The van der Waals surface area contributed by atoms with E-state index in [2.05, 4.69) is 16.5 Å². The topological polar surface area (TPSA) is 55.1 Å². The van der Waals surface area contributed by atoms with Crippen molar-refractivity contribution in [3.05, 3.63) is 18.2 Å². The second-order valence-electron chi connectivity index (χ2n) is 5.43. The molecule has 0 bridgehead atoms. The number of aromatic nitrogens is 2. The Morgan fingerprint density at radius 2 is 2.17 bits per heavy atom. The molecule has 0 radical (unpaired) electrons. The number of carboxylic acids is 1. The molecule has 4 heteroatoms. The van der Waals surface area contributed by atoms with Crippen LogP contribution in [0.4, 0.5) is 0 Å². The number of carboxylic acid groups (broad SMARTS) is 1. The normalized spacial score (nSPS) is 11.7. The van der Waals surface area contributed by atoms with E-state index in [-0.39, 0.29) is 0 Å². The van der Waals surface area contributed by atoms with E-state index in [0.29, 0.717) is 0 Å². The molecule has 0 fully saturated rings. The van der Waals surface area contributed by atoms with Crippen molar-refractivity contribution in [1.82, 2.24) is 9.55 Å². The number of hydrogen-bond donors (Lipinski definition) is 1. The van der Waals surface area contributed by atoms with Gasteiger partial charge in [0.25, 0.3) is 0 Å². The van der Waals surface area contributed by atoms with Crippen molar-refractivity contribution >= 4 is 5.97 Å². The molecule has 0 aliphatic heterocycles. The molecule has 4 nitrogen and oxygen atoms in total. The molecular formula is C14H24N2O2. The second kappa shape index (κ2) is 6.57. The van der Waals surface area contributed by atoms with E-state index in [9.17, 15) is 4.79 Å².